The minimum atomic E-state index is -0.910. The lowest BCUT2D eigenvalue weighted by molar-refractivity contribution is 0.0697. The lowest BCUT2D eigenvalue weighted by Crippen LogP contribution is -1.91. The van der Waals surface area contributed by atoms with Gasteiger partial charge in [0.1, 0.15) is 0 Å². The van der Waals surface area contributed by atoms with Crippen LogP contribution in [-0.2, 0) is 0 Å². The maximum Gasteiger partial charge on any atom is 0.337 e. The second-order valence-electron chi connectivity index (χ2n) is 5.72. The van der Waals surface area contributed by atoms with E-state index < -0.39 is 5.97 Å². The van der Waals surface area contributed by atoms with Crippen molar-refractivity contribution in [2.24, 2.45) is 0 Å². The maximum absolute atomic E-state index is 11.1. The number of hydrogen-bond donors (Lipinski definition) is 1. The van der Waals surface area contributed by atoms with Gasteiger partial charge in [-0.05, 0) is 40.5 Å². The quantitative estimate of drug-likeness (QED) is 0.580. The molecule has 1 N–H and O–H groups in total. The van der Waals surface area contributed by atoms with Crippen LogP contribution in [0, 0.1) is 0 Å². The first-order valence-electron chi connectivity index (χ1n) is 7.72. The van der Waals surface area contributed by atoms with Crippen molar-refractivity contribution in [3.8, 4) is 22.3 Å². The molecule has 0 unspecified atom stereocenters. The third kappa shape index (κ3) is 2.57. The summed E-state index contributed by atoms with van der Waals surface area (Å²) in [5.41, 5.74) is 5.71. The summed E-state index contributed by atoms with van der Waals surface area (Å²) in [5, 5.41) is 9.10. The van der Waals surface area contributed by atoms with Crippen molar-refractivity contribution >= 4 is 11.5 Å². The van der Waals surface area contributed by atoms with Crippen molar-refractivity contribution < 1.29 is 9.90 Å². The van der Waals surface area contributed by atoms with Gasteiger partial charge in [0.15, 0.2) is 0 Å². The molecule has 0 aliphatic rings. The Labute approximate surface area is 139 Å². The zero-order chi connectivity index (χ0) is 16.5. The van der Waals surface area contributed by atoms with Gasteiger partial charge in [-0.25, -0.2) is 4.79 Å². The molecule has 0 spiro atoms. The summed E-state index contributed by atoms with van der Waals surface area (Å²) in [4.78, 5) is 11.1. The number of aromatic carboxylic acids is 1. The van der Waals surface area contributed by atoms with Gasteiger partial charge in [0.25, 0.3) is 0 Å². The van der Waals surface area contributed by atoms with E-state index >= 15 is 0 Å². The van der Waals surface area contributed by atoms with E-state index in [1.165, 1.54) is 11.1 Å². The highest BCUT2D eigenvalue weighted by Crippen LogP contribution is 2.26. The monoisotopic (exact) mass is 313 g/mol. The minimum absolute atomic E-state index is 0.298. The Hall–Kier alpha value is -3.33. The van der Waals surface area contributed by atoms with Crippen LogP contribution in [0.15, 0.2) is 85.2 Å². The maximum atomic E-state index is 11.1. The number of fused-ring (bicyclic) bond motifs is 1. The molecule has 0 bridgehead atoms. The Bertz CT molecular complexity index is 1010. The minimum Gasteiger partial charge on any atom is -0.478 e. The number of carboxylic acid groups (broad SMARTS) is 1. The summed E-state index contributed by atoms with van der Waals surface area (Å²) in [6, 6.07) is 24.3. The predicted molar refractivity (Wildman–Crippen MR) is 95.2 cm³/mol. The zero-order valence-corrected chi connectivity index (χ0v) is 12.9. The topological polar surface area (TPSA) is 41.7 Å². The lowest BCUT2D eigenvalue weighted by atomic mass is 10.0. The summed E-state index contributed by atoms with van der Waals surface area (Å²) in [7, 11) is 0. The number of benzene rings is 2. The fraction of sp³-hybridized carbons (Fsp3) is 0. The molecule has 0 radical (unpaired) electrons. The van der Waals surface area contributed by atoms with E-state index in [1.54, 1.807) is 12.3 Å². The highest BCUT2D eigenvalue weighted by Gasteiger charge is 2.07. The number of aromatic nitrogens is 1. The number of nitrogens with zero attached hydrogens (tertiary/aromatic N) is 1. The molecule has 2 aromatic heterocycles. The van der Waals surface area contributed by atoms with Gasteiger partial charge in [0.05, 0.1) is 5.56 Å². The van der Waals surface area contributed by atoms with Crippen molar-refractivity contribution in [2.45, 2.75) is 0 Å². The van der Waals surface area contributed by atoms with Gasteiger partial charge in [-0.15, -0.1) is 0 Å². The van der Waals surface area contributed by atoms with Crippen LogP contribution in [0.5, 0.6) is 0 Å². The van der Waals surface area contributed by atoms with E-state index in [0.717, 1.165) is 16.6 Å². The fourth-order valence-electron chi connectivity index (χ4n) is 2.89. The van der Waals surface area contributed by atoms with Crippen molar-refractivity contribution in [3.63, 3.8) is 0 Å². The van der Waals surface area contributed by atoms with E-state index in [1.807, 2.05) is 40.9 Å². The van der Waals surface area contributed by atoms with E-state index in [2.05, 4.69) is 36.4 Å². The van der Waals surface area contributed by atoms with Crippen LogP contribution in [0.25, 0.3) is 27.8 Å². The number of carbonyl (C=O) groups is 1. The molecule has 0 saturated carbocycles. The SMILES string of the molecule is O=C(O)c1cc2cc(-c3ccc(-c4ccccc4)cc3)ccn2c1. The molecule has 3 nitrogen and oxygen atoms in total. The van der Waals surface area contributed by atoms with Crippen molar-refractivity contribution in [2.75, 3.05) is 0 Å². The molecule has 4 aromatic rings. The van der Waals surface area contributed by atoms with Crippen LogP contribution >= 0.6 is 0 Å². The molecule has 24 heavy (non-hydrogen) atoms. The first kappa shape index (κ1) is 14.3. The second-order valence-corrected chi connectivity index (χ2v) is 5.72. The summed E-state index contributed by atoms with van der Waals surface area (Å²) in [6.45, 7) is 0. The molecule has 116 valence electrons. The number of carboxylic acids is 1. The van der Waals surface area contributed by atoms with Gasteiger partial charge in [-0.1, -0.05) is 54.6 Å². The summed E-state index contributed by atoms with van der Waals surface area (Å²) < 4.78 is 1.82. The van der Waals surface area contributed by atoms with Gasteiger partial charge < -0.3 is 9.51 Å². The van der Waals surface area contributed by atoms with Crippen molar-refractivity contribution in [1.82, 2.24) is 4.40 Å². The molecule has 0 atom stereocenters. The van der Waals surface area contributed by atoms with Gasteiger partial charge in [0, 0.05) is 17.9 Å². The van der Waals surface area contributed by atoms with E-state index in [4.69, 9.17) is 5.11 Å². The smallest absolute Gasteiger partial charge is 0.337 e. The largest absolute Gasteiger partial charge is 0.478 e. The molecule has 3 heteroatoms. The Kier molecular flexibility index (Phi) is 3.39. The summed E-state index contributed by atoms with van der Waals surface area (Å²) in [5.74, 6) is -0.910. The standard InChI is InChI=1S/C21H15NO2/c23-21(24)19-13-20-12-18(10-11-22(20)14-19)17-8-6-16(7-9-17)15-4-2-1-3-5-15/h1-14H,(H,23,24). The average Bonchev–Trinajstić information content (AvgIpc) is 3.06. The summed E-state index contributed by atoms with van der Waals surface area (Å²) >= 11 is 0. The van der Waals surface area contributed by atoms with E-state index in [0.29, 0.717) is 5.56 Å². The zero-order valence-electron chi connectivity index (χ0n) is 12.9. The van der Waals surface area contributed by atoms with Crippen LogP contribution in [-0.4, -0.2) is 15.5 Å². The average molecular weight is 313 g/mol. The third-order valence-electron chi connectivity index (χ3n) is 4.17. The highest BCUT2D eigenvalue weighted by atomic mass is 16.4. The van der Waals surface area contributed by atoms with Gasteiger partial charge >= 0.3 is 5.97 Å². The third-order valence-corrected chi connectivity index (χ3v) is 4.17. The van der Waals surface area contributed by atoms with E-state index in [-0.39, 0.29) is 0 Å². The predicted octanol–water partition coefficient (Wildman–Crippen LogP) is 4.97. The molecular weight excluding hydrogens is 298 g/mol. The molecule has 2 heterocycles. The molecule has 0 aliphatic heterocycles. The Morgan fingerprint density at radius 3 is 2.04 bits per heavy atom. The van der Waals surface area contributed by atoms with Crippen LogP contribution in [0.3, 0.4) is 0 Å². The van der Waals surface area contributed by atoms with Crippen LogP contribution in [0.4, 0.5) is 0 Å². The number of rotatable bonds is 3. The fourth-order valence-corrected chi connectivity index (χ4v) is 2.89. The normalized spacial score (nSPS) is 10.8. The van der Waals surface area contributed by atoms with Crippen molar-refractivity contribution in [3.05, 3.63) is 90.8 Å². The van der Waals surface area contributed by atoms with Gasteiger partial charge in [-0.3, -0.25) is 0 Å². The number of pyridine rings is 1. The number of hydrogen-bond acceptors (Lipinski definition) is 1. The molecule has 0 saturated heterocycles. The highest BCUT2D eigenvalue weighted by molar-refractivity contribution is 5.90. The van der Waals surface area contributed by atoms with Gasteiger partial charge in [0.2, 0.25) is 0 Å². The van der Waals surface area contributed by atoms with Crippen molar-refractivity contribution in [1.29, 1.82) is 0 Å². The summed E-state index contributed by atoms with van der Waals surface area (Å²) in [6.07, 6.45) is 3.52. The Morgan fingerprint density at radius 1 is 0.750 bits per heavy atom. The second kappa shape index (κ2) is 5.70. The lowest BCUT2D eigenvalue weighted by Gasteiger charge is -2.06. The van der Waals surface area contributed by atoms with Crippen LogP contribution in [0.1, 0.15) is 10.4 Å². The van der Waals surface area contributed by atoms with Gasteiger partial charge in [-0.2, -0.15) is 0 Å². The first-order valence-corrected chi connectivity index (χ1v) is 7.72. The Balaban J connectivity index is 1.70. The molecular formula is C21H15NO2. The molecule has 0 aliphatic carbocycles. The molecule has 0 amide bonds. The van der Waals surface area contributed by atoms with E-state index in [9.17, 15) is 4.79 Å². The Morgan fingerprint density at radius 2 is 1.38 bits per heavy atom. The molecule has 0 fully saturated rings. The van der Waals surface area contributed by atoms with Crippen LogP contribution < -0.4 is 0 Å². The molecule has 4 rings (SSSR count). The first-order chi connectivity index (χ1) is 11.7. The molecule has 2 aromatic carbocycles. The van der Waals surface area contributed by atoms with Crippen LogP contribution in [0.2, 0.25) is 0 Å².